The Morgan fingerprint density at radius 2 is 1.93 bits per heavy atom. The summed E-state index contributed by atoms with van der Waals surface area (Å²) >= 11 is 0. The Kier molecular flexibility index (Phi) is 2.49. The smallest absolute Gasteiger partial charge is 0.0659 e. The molecule has 15 heavy (non-hydrogen) atoms. The second-order valence-corrected chi connectivity index (χ2v) is 5.75. The van der Waals surface area contributed by atoms with E-state index in [1.54, 1.807) is 0 Å². The number of ether oxygens (including phenoxy) is 1. The molecule has 0 bridgehead atoms. The molecule has 0 spiro atoms. The van der Waals surface area contributed by atoms with Gasteiger partial charge in [0.1, 0.15) is 0 Å². The van der Waals surface area contributed by atoms with Gasteiger partial charge in [-0.05, 0) is 43.9 Å². The van der Waals surface area contributed by atoms with Crippen molar-refractivity contribution in [2.24, 2.45) is 17.6 Å². The van der Waals surface area contributed by atoms with Gasteiger partial charge in [-0.3, -0.25) is 0 Å². The van der Waals surface area contributed by atoms with Gasteiger partial charge < -0.3 is 15.8 Å². The van der Waals surface area contributed by atoms with E-state index >= 15 is 0 Å². The van der Waals surface area contributed by atoms with Crippen molar-refractivity contribution in [3.63, 3.8) is 0 Å². The second kappa shape index (κ2) is 3.72. The molecule has 2 aliphatic carbocycles. The molecule has 2 saturated carbocycles. The van der Waals surface area contributed by atoms with Gasteiger partial charge in [-0.25, -0.2) is 0 Å². The van der Waals surface area contributed by atoms with Gasteiger partial charge >= 0.3 is 0 Å². The van der Waals surface area contributed by atoms with E-state index in [4.69, 9.17) is 10.5 Å². The average molecular weight is 210 g/mol. The normalized spacial score (nSPS) is 36.4. The Hall–Kier alpha value is -0.120. The molecular weight excluding hydrogens is 188 g/mol. The Morgan fingerprint density at radius 3 is 2.40 bits per heavy atom. The van der Waals surface area contributed by atoms with Gasteiger partial charge in [0.2, 0.25) is 0 Å². The second-order valence-electron chi connectivity index (χ2n) is 5.75. The summed E-state index contributed by atoms with van der Waals surface area (Å²) in [6.45, 7) is 2.53. The number of hydrogen-bond acceptors (Lipinski definition) is 3. The summed E-state index contributed by atoms with van der Waals surface area (Å²) in [6.07, 6.45) is 6.75. The molecule has 0 amide bonds. The zero-order valence-electron chi connectivity index (χ0n) is 9.37. The fourth-order valence-electron chi connectivity index (χ4n) is 2.71. The van der Waals surface area contributed by atoms with Crippen LogP contribution in [0.3, 0.4) is 0 Å². The first-order chi connectivity index (χ1) is 7.27. The number of nitrogens with two attached hydrogens (primary N) is 1. The first kappa shape index (κ1) is 10.1. The monoisotopic (exact) mass is 210 g/mol. The summed E-state index contributed by atoms with van der Waals surface area (Å²) in [6, 6.07) is 0.769. The molecule has 3 aliphatic rings. The van der Waals surface area contributed by atoms with Crippen LogP contribution in [0.1, 0.15) is 32.1 Å². The van der Waals surface area contributed by atoms with Crippen molar-refractivity contribution in [2.75, 3.05) is 19.8 Å². The van der Waals surface area contributed by atoms with Crippen LogP contribution in [0.15, 0.2) is 0 Å². The molecule has 3 heteroatoms. The van der Waals surface area contributed by atoms with Gasteiger partial charge in [0, 0.05) is 19.2 Å². The van der Waals surface area contributed by atoms with E-state index in [2.05, 4.69) is 5.32 Å². The highest BCUT2D eigenvalue weighted by Crippen LogP contribution is 2.44. The molecule has 0 radical (unpaired) electrons. The highest BCUT2D eigenvalue weighted by Gasteiger charge is 2.42. The van der Waals surface area contributed by atoms with E-state index in [1.165, 1.54) is 25.7 Å². The number of nitrogens with one attached hydrogen (secondary N) is 1. The molecule has 1 saturated heterocycles. The molecule has 3 nitrogen and oxygen atoms in total. The van der Waals surface area contributed by atoms with Crippen molar-refractivity contribution in [1.29, 1.82) is 0 Å². The third kappa shape index (κ3) is 2.35. The maximum Gasteiger partial charge on any atom is 0.0659 e. The van der Waals surface area contributed by atoms with Crippen LogP contribution in [-0.4, -0.2) is 31.3 Å². The molecule has 1 aliphatic heterocycles. The fourth-order valence-corrected chi connectivity index (χ4v) is 2.71. The van der Waals surface area contributed by atoms with Crippen LogP contribution < -0.4 is 11.1 Å². The number of rotatable bonds is 5. The van der Waals surface area contributed by atoms with E-state index in [-0.39, 0.29) is 5.54 Å². The Bertz CT molecular complexity index is 218. The van der Waals surface area contributed by atoms with Crippen LogP contribution in [0, 0.1) is 11.8 Å². The highest BCUT2D eigenvalue weighted by molar-refractivity contribution is 4.99. The predicted octanol–water partition coefficient (Wildman–Crippen LogP) is 0.882. The zero-order valence-corrected chi connectivity index (χ0v) is 9.37. The maximum absolute atomic E-state index is 6.26. The van der Waals surface area contributed by atoms with Gasteiger partial charge in [0.15, 0.2) is 0 Å². The largest absolute Gasteiger partial charge is 0.379 e. The van der Waals surface area contributed by atoms with Crippen molar-refractivity contribution in [2.45, 2.75) is 43.7 Å². The van der Waals surface area contributed by atoms with E-state index in [1.807, 2.05) is 0 Å². The minimum absolute atomic E-state index is 0.0813. The van der Waals surface area contributed by atoms with Crippen molar-refractivity contribution >= 4 is 0 Å². The van der Waals surface area contributed by atoms with Crippen molar-refractivity contribution in [3.8, 4) is 0 Å². The molecule has 0 aromatic rings. The van der Waals surface area contributed by atoms with Crippen molar-refractivity contribution in [3.05, 3.63) is 0 Å². The number of hydrogen-bond donors (Lipinski definition) is 2. The molecule has 3 N–H and O–H groups in total. The van der Waals surface area contributed by atoms with Crippen LogP contribution in [0.25, 0.3) is 0 Å². The first-order valence-corrected chi connectivity index (χ1v) is 6.37. The minimum atomic E-state index is -0.0813. The topological polar surface area (TPSA) is 47.3 Å². The molecule has 3 fully saturated rings. The van der Waals surface area contributed by atoms with Gasteiger partial charge in [-0.1, -0.05) is 0 Å². The summed E-state index contributed by atoms with van der Waals surface area (Å²) in [7, 11) is 0. The lowest BCUT2D eigenvalue weighted by molar-refractivity contribution is 0.175. The lowest BCUT2D eigenvalue weighted by Gasteiger charge is -2.26. The third-order valence-corrected chi connectivity index (χ3v) is 4.08. The quantitative estimate of drug-likeness (QED) is 0.708. The molecule has 1 atom stereocenters. The SMILES string of the molecule is NC1(CNC(C2CC2)C2CC2)CCOC1. The van der Waals surface area contributed by atoms with Crippen molar-refractivity contribution < 1.29 is 4.74 Å². The van der Waals surface area contributed by atoms with Gasteiger partial charge in [0.05, 0.1) is 12.1 Å². The average Bonchev–Trinajstić information content (AvgIpc) is 3.09. The molecule has 86 valence electrons. The molecule has 0 aromatic carbocycles. The Balaban J connectivity index is 1.50. The lowest BCUT2D eigenvalue weighted by atomic mass is 9.98. The maximum atomic E-state index is 6.26. The van der Waals surface area contributed by atoms with Gasteiger partial charge in [-0.2, -0.15) is 0 Å². The van der Waals surface area contributed by atoms with E-state index < -0.39 is 0 Å². The van der Waals surface area contributed by atoms with Crippen LogP contribution >= 0.6 is 0 Å². The molecule has 1 heterocycles. The predicted molar refractivity (Wildman–Crippen MR) is 59.6 cm³/mol. The van der Waals surface area contributed by atoms with Crippen LogP contribution in [0.5, 0.6) is 0 Å². The zero-order chi connectivity index (χ0) is 10.3. The van der Waals surface area contributed by atoms with Gasteiger partial charge in [-0.15, -0.1) is 0 Å². The Morgan fingerprint density at radius 1 is 1.27 bits per heavy atom. The standard InChI is InChI=1S/C12H22N2O/c13-12(5-6-15-8-12)7-14-11(9-1-2-9)10-3-4-10/h9-11,14H,1-8,13H2. The molecule has 0 aromatic heterocycles. The Labute approximate surface area is 91.7 Å². The molecular formula is C12H22N2O. The summed E-state index contributed by atoms with van der Waals surface area (Å²) in [5.74, 6) is 1.92. The van der Waals surface area contributed by atoms with E-state index in [0.717, 1.165) is 44.1 Å². The van der Waals surface area contributed by atoms with Gasteiger partial charge in [0.25, 0.3) is 0 Å². The summed E-state index contributed by atoms with van der Waals surface area (Å²) in [5, 5.41) is 3.72. The third-order valence-electron chi connectivity index (χ3n) is 4.08. The first-order valence-electron chi connectivity index (χ1n) is 6.37. The molecule has 1 unspecified atom stereocenters. The highest BCUT2D eigenvalue weighted by atomic mass is 16.5. The summed E-state index contributed by atoms with van der Waals surface area (Å²) in [4.78, 5) is 0. The van der Waals surface area contributed by atoms with E-state index in [0.29, 0.717) is 0 Å². The minimum Gasteiger partial charge on any atom is -0.379 e. The van der Waals surface area contributed by atoms with Crippen LogP contribution in [0.4, 0.5) is 0 Å². The summed E-state index contributed by atoms with van der Waals surface area (Å²) in [5.41, 5.74) is 6.18. The van der Waals surface area contributed by atoms with E-state index in [9.17, 15) is 0 Å². The lowest BCUT2D eigenvalue weighted by Crippen LogP contribution is -2.52. The van der Waals surface area contributed by atoms with Crippen LogP contribution in [-0.2, 0) is 4.74 Å². The molecule has 3 rings (SSSR count). The van der Waals surface area contributed by atoms with Crippen LogP contribution in [0.2, 0.25) is 0 Å². The fraction of sp³-hybridized carbons (Fsp3) is 1.00. The van der Waals surface area contributed by atoms with Crippen molar-refractivity contribution in [1.82, 2.24) is 5.32 Å². The summed E-state index contributed by atoms with van der Waals surface area (Å²) < 4.78 is 5.38.